The van der Waals surface area contributed by atoms with Gasteiger partial charge in [-0.2, -0.15) is 0 Å². The van der Waals surface area contributed by atoms with Gasteiger partial charge in [-0.15, -0.1) is 0 Å². The van der Waals surface area contributed by atoms with Crippen molar-refractivity contribution in [2.24, 2.45) is 0 Å². The number of fused-ring (bicyclic) bond motifs is 1. The molecule has 1 unspecified atom stereocenters. The number of benzene rings is 1. The number of β-amino-alcohol motifs (C(OH)–C–C–N with tert-alkyl or cyclic N) is 1. The predicted octanol–water partition coefficient (Wildman–Crippen LogP) is 2.15. The Morgan fingerprint density at radius 1 is 1.11 bits per heavy atom. The number of likely N-dealkylation sites (tertiary alicyclic amines) is 1. The van der Waals surface area contributed by atoms with Gasteiger partial charge in [-0.3, -0.25) is 9.78 Å². The summed E-state index contributed by atoms with van der Waals surface area (Å²) in [6.07, 6.45) is 4.06. The largest absolute Gasteiger partial charge is 0.486 e. The van der Waals surface area contributed by atoms with Crippen LogP contribution in [0.3, 0.4) is 0 Å². The smallest absolute Gasteiger partial charge is 0.251 e. The molecule has 0 aliphatic carbocycles. The zero-order chi connectivity index (χ0) is 24.0. The number of hydrogen-bond donors (Lipinski definition) is 2. The van der Waals surface area contributed by atoms with Crippen LogP contribution in [0, 0.1) is 5.82 Å². The third-order valence-electron chi connectivity index (χ3n) is 7.47. The normalized spacial score (nSPS) is 22.5. The van der Waals surface area contributed by atoms with Crippen molar-refractivity contribution in [3.05, 3.63) is 64.0 Å². The highest BCUT2D eigenvalue weighted by Gasteiger charge is 2.38. The van der Waals surface area contributed by atoms with Crippen LogP contribution in [0.5, 0.6) is 11.5 Å². The molecule has 2 aromatic heterocycles. The van der Waals surface area contributed by atoms with Crippen LogP contribution in [0.2, 0.25) is 0 Å². The maximum absolute atomic E-state index is 14.4. The Morgan fingerprint density at radius 3 is 2.74 bits per heavy atom. The highest BCUT2D eigenvalue weighted by atomic mass is 19.1. The summed E-state index contributed by atoms with van der Waals surface area (Å²) < 4.78 is 27.2. The molecule has 6 rings (SSSR count). The second-order valence-corrected chi connectivity index (χ2v) is 9.71. The number of nitrogens with zero attached hydrogens (tertiary/aromatic N) is 3. The molecule has 0 bridgehead atoms. The molecular formula is C26H29FN4O4. The van der Waals surface area contributed by atoms with Gasteiger partial charge in [0.1, 0.15) is 24.6 Å². The molecule has 3 aromatic rings. The molecule has 35 heavy (non-hydrogen) atoms. The zero-order valence-electron chi connectivity index (χ0n) is 19.5. The van der Waals surface area contributed by atoms with Crippen LogP contribution >= 0.6 is 0 Å². The van der Waals surface area contributed by atoms with Gasteiger partial charge in [0.25, 0.3) is 5.56 Å². The maximum atomic E-state index is 14.4. The van der Waals surface area contributed by atoms with Crippen LogP contribution < -0.4 is 20.3 Å². The van der Waals surface area contributed by atoms with Crippen molar-refractivity contribution >= 4 is 10.9 Å². The predicted molar refractivity (Wildman–Crippen MR) is 128 cm³/mol. The summed E-state index contributed by atoms with van der Waals surface area (Å²) in [4.78, 5) is 19.1. The molecule has 1 saturated heterocycles. The molecule has 1 aromatic carbocycles. The van der Waals surface area contributed by atoms with E-state index in [0.29, 0.717) is 67.5 Å². The topological polar surface area (TPSA) is 88.9 Å². The van der Waals surface area contributed by atoms with Crippen LogP contribution in [0.15, 0.2) is 41.3 Å². The van der Waals surface area contributed by atoms with Gasteiger partial charge in [0, 0.05) is 48.8 Å². The van der Waals surface area contributed by atoms with Crippen molar-refractivity contribution < 1.29 is 19.0 Å². The van der Waals surface area contributed by atoms with E-state index in [-0.39, 0.29) is 11.4 Å². The zero-order valence-corrected chi connectivity index (χ0v) is 19.5. The van der Waals surface area contributed by atoms with Gasteiger partial charge in [0.05, 0.1) is 17.4 Å². The average Bonchev–Trinajstić information content (AvgIpc) is 2.87. The van der Waals surface area contributed by atoms with Crippen molar-refractivity contribution in [3.8, 4) is 11.5 Å². The molecule has 5 heterocycles. The number of piperidine rings is 1. The van der Waals surface area contributed by atoms with Gasteiger partial charge >= 0.3 is 0 Å². The number of aryl methyl sites for hydroxylation is 1. The lowest BCUT2D eigenvalue weighted by Crippen LogP contribution is -2.49. The Morgan fingerprint density at radius 2 is 1.91 bits per heavy atom. The molecule has 3 aliphatic heterocycles. The van der Waals surface area contributed by atoms with E-state index in [0.717, 1.165) is 37.4 Å². The van der Waals surface area contributed by atoms with E-state index in [9.17, 15) is 14.3 Å². The van der Waals surface area contributed by atoms with Gasteiger partial charge < -0.3 is 29.4 Å². The first-order valence-corrected chi connectivity index (χ1v) is 12.3. The number of pyridine rings is 2. The van der Waals surface area contributed by atoms with Gasteiger partial charge in [-0.05, 0) is 44.5 Å². The SMILES string of the molecule is O=c1ccc2c(F)ccc3c2n1CCC3(O)CN1CCC(NCc2cc3c(cn2)OCCO3)CC1. The van der Waals surface area contributed by atoms with Crippen LogP contribution in [0.25, 0.3) is 10.9 Å². The monoisotopic (exact) mass is 480 g/mol. The molecule has 0 spiro atoms. The second kappa shape index (κ2) is 8.89. The summed E-state index contributed by atoms with van der Waals surface area (Å²) in [6.45, 7) is 4.31. The highest BCUT2D eigenvalue weighted by Crippen LogP contribution is 2.37. The number of ether oxygens (including phenoxy) is 2. The third-order valence-corrected chi connectivity index (χ3v) is 7.47. The van der Waals surface area contributed by atoms with Crippen molar-refractivity contribution in [2.75, 3.05) is 32.8 Å². The lowest BCUT2D eigenvalue weighted by Gasteiger charge is -2.41. The molecule has 3 aliphatic rings. The van der Waals surface area contributed by atoms with E-state index in [1.807, 2.05) is 6.07 Å². The molecule has 9 heteroatoms. The van der Waals surface area contributed by atoms with Crippen molar-refractivity contribution in [2.45, 2.75) is 44.0 Å². The molecule has 1 atom stereocenters. The van der Waals surface area contributed by atoms with Crippen LogP contribution in [0.1, 0.15) is 30.5 Å². The van der Waals surface area contributed by atoms with Crippen molar-refractivity contribution in [3.63, 3.8) is 0 Å². The van der Waals surface area contributed by atoms with E-state index in [1.165, 1.54) is 18.2 Å². The summed E-state index contributed by atoms with van der Waals surface area (Å²) in [5.41, 5.74) is 0.806. The number of aromatic nitrogens is 2. The Balaban J connectivity index is 1.10. The van der Waals surface area contributed by atoms with Crippen LogP contribution in [0.4, 0.5) is 4.39 Å². The Kier molecular flexibility index (Phi) is 5.70. The first-order valence-electron chi connectivity index (χ1n) is 12.3. The first-order chi connectivity index (χ1) is 17.0. The average molecular weight is 481 g/mol. The van der Waals surface area contributed by atoms with E-state index in [2.05, 4.69) is 15.2 Å². The van der Waals surface area contributed by atoms with Crippen molar-refractivity contribution in [1.82, 2.24) is 19.8 Å². The minimum atomic E-state index is -1.12. The highest BCUT2D eigenvalue weighted by molar-refractivity contribution is 5.84. The molecular weight excluding hydrogens is 451 g/mol. The molecule has 8 nitrogen and oxygen atoms in total. The number of nitrogens with one attached hydrogen (secondary N) is 1. The quantitative estimate of drug-likeness (QED) is 0.579. The lowest BCUT2D eigenvalue weighted by atomic mass is 9.84. The van der Waals surface area contributed by atoms with Crippen LogP contribution in [-0.4, -0.2) is 58.4 Å². The Labute approximate surface area is 202 Å². The first kappa shape index (κ1) is 22.5. The number of aliphatic hydroxyl groups is 1. The van der Waals surface area contributed by atoms with Crippen molar-refractivity contribution in [1.29, 1.82) is 0 Å². The fourth-order valence-corrected chi connectivity index (χ4v) is 5.58. The molecule has 2 N–H and O–H groups in total. The summed E-state index contributed by atoms with van der Waals surface area (Å²) in [5, 5.41) is 15.6. The summed E-state index contributed by atoms with van der Waals surface area (Å²) >= 11 is 0. The summed E-state index contributed by atoms with van der Waals surface area (Å²) in [6, 6.07) is 8.25. The van der Waals surface area contributed by atoms with E-state index >= 15 is 0 Å². The molecule has 1 fully saturated rings. The Bertz CT molecular complexity index is 1320. The fourth-order valence-electron chi connectivity index (χ4n) is 5.58. The minimum absolute atomic E-state index is 0.161. The number of hydrogen-bond acceptors (Lipinski definition) is 7. The van der Waals surface area contributed by atoms with Crippen LogP contribution in [-0.2, 0) is 18.7 Å². The number of halogens is 1. The summed E-state index contributed by atoms with van der Waals surface area (Å²) in [5.74, 6) is 1.07. The maximum Gasteiger partial charge on any atom is 0.251 e. The summed E-state index contributed by atoms with van der Waals surface area (Å²) in [7, 11) is 0. The lowest BCUT2D eigenvalue weighted by molar-refractivity contribution is -0.0210. The third kappa shape index (κ3) is 4.17. The van der Waals surface area contributed by atoms with Gasteiger partial charge in [-0.1, -0.05) is 6.07 Å². The second-order valence-electron chi connectivity index (χ2n) is 9.71. The Hall–Kier alpha value is -3.01. The molecule has 184 valence electrons. The molecule has 0 amide bonds. The van der Waals surface area contributed by atoms with E-state index < -0.39 is 5.60 Å². The van der Waals surface area contributed by atoms with Gasteiger partial charge in [0.2, 0.25) is 0 Å². The van der Waals surface area contributed by atoms with E-state index in [4.69, 9.17) is 9.47 Å². The van der Waals surface area contributed by atoms with Gasteiger partial charge in [0.15, 0.2) is 11.5 Å². The fraction of sp³-hybridized carbons (Fsp3) is 0.462. The standard InChI is InChI=1S/C26H29FN4O4/c27-21-3-2-20-25-19(21)1-4-24(32)31(25)10-7-26(20,33)16-30-8-5-17(6-9-30)28-14-18-13-22-23(15-29-18)35-12-11-34-22/h1-4,13,15,17,28,33H,5-12,14,16H2. The molecule has 0 saturated carbocycles. The van der Waals surface area contributed by atoms with Gasteiger partial charge in [-0.25, -0.2) is 4.39 Å². The molecule has 0 radical (unpaired) electrons. The minimum Gasteiger partial charge on any atom is -0.486 e. The number of rotatable bonds is 5. The van der Waals surface area contributed by atoms with E-state index in [1.54, 1.807) is 16.8 Å².